The van der Waals surface area contributed by atoms with Gasteiger partial charge in [0.2, 0.25) is 0 Å². The second-order valence-electron chi connectivity index (χ2n) is 4.67. The molecule has 6 nitrogen and oxygen atoms in total. The molecule has 0 atom stereocenters. The van der Waals surface area contributed by atoms with E-state index in [1.54, 1.807) is 43.5 Å². The lowest BCUT2D eigenvalue weighted by molar-refractivity contribution is -0.118. The Kier molecular flexibility index (Phi) is 6.04. The van der Waals surface area contributed by atoms with Crippen LogP contribution in [0.1, 0.15) is 5.56 Å². The number of hydrogen-bond acceptors (Lipinski definition) is 5. The first-order valence-corrected chi connectivity index (χ1v) is 7.71. The van der Waals surface area contributed by atoms with Crippen LogP contribution in [0.4, 0.5) is 5.69 Å². The third-order valence-electron chi connectivity index (χ3n) is 3.08. The Morgan fingerprint density at radius 3 is 2.50 bits per heavy atom. The number of hydrogen-bond donors (Lipinski definition) is 1. The van der Waals surface area contributed by atoms with E-state index in [9.17, 15) is 4.79 Å². The van der Waals surface area contributed by atoms with E-state index >= 15 is 0 Å². The van der Waals surface area contributed by atoms with Crippen LogP contribution in [0.2, 0.25) is 0 Å². The fourth-order valence-corrected chi connectivity index (χ4v) is 2.49. The van der Waals surface area contributed by atoms with Gasteiger partial charge in [0, 0.05) is 11.8 Å². The van der Waals surface area contributed by atoms with Gasteiger partial charge in [-0.05, 0) is 46.3 Å². The Morgan fingerprint density at radius 2 is 1.92 bits per heavy atom. The highest BCUT2D eigenvalue weighted by molar-refractivity contribution is 9.10. The molecule has 2 aromatic rings. The number of nitrogens with zero attached hydrogens (tertiary/aromatic N) is 1. The number of amides is 1. The van der Waals surface area contributed by atoms with Gasteiger partial charge in [0.15, 0.2) is 18.1 Å². The number of methoxy groups -OCH3 is 2. The number of nitriles is 1. The highest BCUT2D eigenvalue weighted by atomic mass is 79.9. The van der Waals surface area contributed by atoms with Crippen molar-refractivity contribution in [3.8, 4) is 23.3 Å². The number of anilines is 1. The smallest absolute Gasteiger partial charge is 0.262 e. The molecule has 0 fully saturated rings. The number of carbonyl (C=O) groups excluding carboxylic acids is 1. The van der Waals surface area contributed by atoms with Crippen molar-refractivity contribution >= 4 is 27.5 Å². The zero-order chi connectivity index (χ0) is 17.5. The zero-order valence-electron chi connectivity index (χ0n) is 13.1. The fourth-order valence-electron chi connectivity index (χ4n) is 1.93. The van der Waals surface area contributed by atoms with E-state index in [1.165, 1.54) is 7.11 Å². The minimum absolute atomic E-state index is 0.201. The topological polar surface area (TPSA) is 80.6 Å². The second kappa shape index (κ2) is 8.22. The van der Waals surface area contributed by atoms with Crippen LogP contribution in [0.15, 0.2) is 40.9 Å². The largest absolute Gasteiger partial charge is 0.497 e. The molecule has 2 aromatic carbocycles. The summed E-state index contributed by atoms with van der Waals surface area (Å²) in [5.41, 5.74) is 1.06. The second-order valence-corrected chi connectivity index (χ2v) is 5.52. The monoisotopic (exact) mass is 390 g/mol. The van der Waals surface area contributed by atoms with Crippen LogP contribution in [-0.2, 0) is 4.79 Å². The number of halogens is 1. The van der Waals surface area contributed by atoms with Gasteiger partial charge >= 0.3 is 0 Å². The van der Waals surface area contributed by atoms with Crippen molar-refractivity contribution in [2.75, 3.05) is 26.1 Å². The molecule has 1 N–H and O–H groups in total. The molecule has 0 heterocycles. The molecule has 0 aliphatic carbocycles. The van der Waals surface area contributed by atoms with Crippen LogP contribution in [-0.4, -0.2) is 26.7 Å². The first kappa shape index (κ1) is 17.6. The molecule has 0 aliphatic rings. The summed E-state index contributed by atoms with van der Waals surface area (Å²) in [5, 5.41) is 11.7. The molecule has 0 saturated carbocycles. The van der Waals surface area contributed by atoms with E-state index < -0.39 is 0 Å². The molecule has 0 unspecified atom stereocenters. The predicted octanol–water partition coefficient (Wildman–Crippen LogP) is 3.36. The third kappa shape index (κ3) is 4.40. The number of carbonyl (C=O) groups is 1. The van der Waals surface area contributed by atoms with Gasteiger partial charge in [-0.2, -0.15) is 5.26 Å². The zero-order valence-corrected chi connectivity index (χ0v) is 14.7. The summed E-state index contributed by atoms with van der Waals surface area (Å²) >= 11 is 3.31. The highest BCUT2D eigenvalue weighted by Gasteiger charge is 2.13. The van der Waals surface area contributed by atoms with Crippen LogP contribution in [0.5, 0.6) is 17.2 Å². The summed E-state index contributed by atoms with van der Waals surface area (Å²) in [5.74, 6) is 1.12. The molecule has 0 saturated heterocycles. The van der Waals surface area contributed by atoms with Crippen molar-refractivity contribution in [1.82, 2.24) is 0 Å². The van der Waals surface area contributed by atoms with Crippen LogP contribution in [0.3, 0.4) is 0 Å². The Hall–Kier alpha value is -2.72. The Morgan fingerprint density at radius 1 is 1.21 bits per heavy atom. The molecule has 124 valence electrons. The highest BCUT2D eigenvalue weighted by Crippen LogP contribution is 2.36. The summed E-state index contributed by atoms with van der Waals surface area (Å²) < 4.78 is 16.3. The van der Waals surface area contributed by atoms with Gasteiger partial charge < -0.3 is 19.5 Å². The molecular formula is C17H15BrN2O4. The van der Waals surface area contributed by atoms with Crippen LogP contribution in [0, 0.1) is 11.3 Å². The van der Waals surface area contributed by atoms with Gasteiger partial charge in [0.1, 0.15) is 5.75 Å². The molecular weight excluding hydrogens is 376 g/mol. The quantitative estimate of drug-likeness (QED) is 0.817. The van der Waals surface area contributed by atoms with Crippen molar-refractivity contribution in [2.24, 2.45) is 0 Å². The summed E-state index contributed by atoms with van der Waals surface area (Å²) in [6.07, 6.45) is 0. The SMILES string of the molecule is COc1ccc(NC(=O)COc2c(Br)cc(C#N)cc2OC)cc1. The van der Waals surface area contributed by atoms with E-state index in [4.69, 9.17) is 19.5 Å². The minimum atomic E-state index is -0.321. The molecule has 1 amide bonds. The Balaban J connectivity index is 2.02. The average molecular weight is 391 g/mol. The van der Waals surface area contributed by atoms with Crippen molar-refractivity contribution in [3.63, 3.8) is 0 Å². The van der Waals surface area contributed by atoms with Gasteiger partial charge in [0.05, 0.1) is 30.3 Å². The Bertz CT molecular complexity index is 769. The van der Waals surface area contributed by atoms with Crippen LogP contribution < -0.4 is 19.5 Å². The van der Waals surface area contributed by atoms with Crippen molar-refractivity contribution in [2.45, 2.75) is 0 Å². The summed E-state index contributed by atoms with van der Waals surface area (Å²) in [4.78, 5) is 12.0. The number of rotatable bonds is 6. The first-order valence-electron chi connectivity index (χ1n) is 6.91. The number of benzene rings is 2. The molecule has 2 rings (SSSR count). The fraction of sp³-hybridized carbons (Fsp3) is 0.176. The van der Waals surface area contributed by atoms with Crippen LogP contribution in [0.25, 0.3) is 0 Å². The molecule has 0 aromatic heterocycles. The third-order valence-corrected chi connectivity index (χ3v) is 3.67. The average Bonchev–Trinajstić information content (AvgIpc) is 2.60. The van der Waals surface area contributed by atoms with Crippen LogP contribution >= 0.6 is 15.9 Å². The normalized spacial score (nSPS) is 9.75. The van der Waals surface area contributed by atoms with Gasteiger partial charge in [-0.1, -0.05) is 0 Å². The Labute approximate surface area is 148 Å². The lowest BCUT2D eigenvalue weighted by Crippen LogP contribution is -2.20. The predicted molar refractivity (Wildman–Crippen MR) is 92.5 cm³/mol. The molecule has 0 radical (unpaired) electrons. The van der Waals surface area contributed by atoms with Gasteiger partial charge in [0.25, 0.3) is 5.91 Å². The van der Waals surface area contributed by atoms with Gasteiger partial charge in [-0.3, -0.25) is 4.79 Å². The molecule has 0 spiro atoms. The lowest BCUT2D eigenvalue weighted by Gasteiger charge is -2.13. The van der Waals surface area contributed by atoms with E-state index in [1.807, 2.05) is 6.07 Å². The van der Waals surface area contributed by atoms with Gasteiger partial charge in [-0.15, -0.1) is 0 Å². The maximum atomic E-state index is 12.0. The molecule has 0 bridgehead atoms. The molecule has 7 heteroatoms. The van der Waals surface area contributed by atoms with Crippen molar-refractivity contribution < 1.29 is 19.0 Å². The van der Waals surface area contributed by atoms with E-state index in [2.05, 4.69) is 21.2 Å². The van der Waals surface area contributed by atoms with E-state index in [-0.39, 0.29) is 12.5 Å². The van der Waals surface area contributed by atoms with Crippen molar-refractivity contribution in [1.29, 1.82) is 5.26 Å². The first-order chi connectivity index (χ1) is 11.6. The lowest BCUT2D eigenvalue weighted by atomic mass is 10.2. The minimum Gasteiger partial charge on any atom is -0.497 e. The summed E-state index contributed by atoms with van der Waals surface area (Å²) in [6.45, 7) is -0.201. The van der Waals surface area contributed by atoms with Crippen molar-refractivity contribution in [3.05, 3.63) is 46.4 Å². The summed E-state index contributed by atoms with van der Waals surface area (Å²) in [6, 6.07) is 12.1. The standard InChI is InChI=1S/C17H15BrN2O4/c1-22-13-5-3-12(4-6-13)20-16(21)10-24-17-14(18)7-11(9-19)8-15(17)23-2/h3-8H,10H2,1-2H3,(H,20,21). The van der Waals surface area contributed by atoms with E-state index in [0.717, 1.165) is 0 Å². The number of ether oxygens (including phenoxy) is 3. The van der Waals surface area contributed by atoms with E-state index in [0.29, 0.717) is 33.0 Å². The summed E-state index contributed by atoms with van der Waals surface area (Å²) in [7, 11) is 3.04. The van der Waals surface area contributed by atoms with Gasteiger partial charge in [-0.25, -0.2) is 0 Å². The maximum absolute atomic E-state index is 12.0. The maximum Gasteiger partial charge on any atom is 0.262 e. The number of nitrogens with one attached hydrogen (secondary N) is 1. The molecule has 0 aliphatic heterocycles. The molecule has 24 heavy (non-hydrogen) atoms.